The number of likely N-dealkylation sites (N-methyl/N-ethyl adjacent to an activating group) is 1. The molecule has 0 aliphatic rings. The molecule has 6 nitrogen and oxygen atoms in total. The van der Waals surface area contributed by atoms with Crippen LogP contribution < -0.4 is 5.73 Å². The molecule has 2 N–H and O–H groups in total. The Morgan fingerprint density at radius 1 is 1.58 bits per heavy atom. The van der Waals surface area contributed by atoms with Crippen molar-refractivity contribution >= 4 is 27.2 Å². The number of methoxy groups -OCH3 is 1. The lowest BCUT2D eigenvalue weighted by molar-refractivity contribution is 0.180. The van der Waals surface area contributed by atoms with Crippen LogP contribution in [0, 0.1) is 0 Å². The molecule has 0 atom stereocenters. The predicted octanol–water partition coefficient (Wildman–Crippen LogP) is 0.373. The molecule has 1 rings (SSSR count). The van der Waals surface area contributed by atoms with Crippen LogP contribution in [0.1, 0.15) is 12.6 Å². The topological polar surface area (TPSA) is 85.5 Å². The average molecular weight is 303 g/mol. The van der Waals surface area contributed by atoms with Crippen molar-refractivity contribution in [2.24, 2.45) is 5.73 Å². The number of nitrogens with two attached hydrogens (primary N) is 1. The van der Waals surface area contributed by atoms with Crippen molar-refractivity contribution in [3.63, 3.8) is 0 Å². The number of hydrogen-bond acceptors (Lipinski definition) is 5. The number of thiocarbonyl (C=S) groups is 1. The van der Waals surface area contributed by atoms with Gasteiger partial charge in [-0.15, -0.1) is 0 Å². The van der Waals surface area contributed by atoms with E-state index < -0.39 is 10.0 Å². The fourth-order valence-corrected chi connectivity index (χ4v) is 3.38. The first-order chi connectivity index (χ1) is 8.95. The van der Waals surface area contributed by atoms with Gasteiger partial charge in [-0.3, -0.25) is 4.98 Å². The number of hydrogen-bond donors (Lipinski definition) is 1. The predicted molar refractivity (Wildman–Crippen MR) is 76.4 cm³/mol. The number of sulfonamides is 1. The Morgan fingerprint density at radius 2 is 2.26 bits per heavy atom. The third-order valence-electron chi connectivity index (χ3n) is 2.52. The maximum Gasteiger partial charge on any atom is 0.245 e. The molecule has 0 fully saturated rings. The molecule has 0 bridgehead atoms. The van der Waals surface area contributed by atoms with Gasteiger partial charge in [0.1, 0.15) is 15.6 Å². The van der Waals surface area contributed by atoms with E-state index in [2.05, 4.69) is 4.98 Å². The summed E-state index contributed by atoms with van der Waals surface area (Å²) >= 11 is 4.84. The fraction of sp³-hybridized carbons (Fsp3) is 0.455. The van der Waals surface area contributed by atoms with E-state index in [0.717, 1.165) is 0 Å². The van der Waals surface area contributed by atoms with Crippen molar-refractivity contribution in [1.29, 1.82) is 0 Å². The monoisotopic (exact) mass is 303 g/mol. The SMILES string of the molecule is CCN(CCOC)S(=O)(=O)c1cccnc1C(N)=S. The molecule has 0 aliphatic heterocycles. The molecule has 106 valence electrons. The zero-order valence-electron chi connectivity index (χ0n) is 10.9. The molecule has 19 heavy (non-hydrogen) atoms. The normalized spacial score (nSPS) is 11.7. The van der Waals surface area contributed by atoms with Crippen molar-refractivity contribution in [3.05, 3.63) is 24.0 Å². The lowest BCUT2D eigenvalue weighted by atomic mass is 10.3. The third kappa shape index (κ3) is 3.69. The van der Waals surface area contributed by atoms with Crippen LogP contribution in [0.3, 0.4) is 0 Å². The first-order valence-corrected chi connectivity index (χ1v) is 7.53. The van der Waals surface area contributed by atoms with Crippen LogP contribution in [0.15, 0.2) is 23.2 Å². The second-order valence-electron chi connectivity index (χ2n) is 3.70. The summed E-state index contributed by atoms with van der Waals surface area (Å²) in [5, 5.41) is 0. The smallest absolute Gasteiger partial charge is 0.245 e. The van der Waals surface area contributed by atoms with Gasteiger partial charge in [0.05, 0.1) is 6.61 Å². The Kier molecular flexibility index (Phi) is 5.80. The lowest BCUT2D eigenvalue weighted by Crippen LogP contribution is -2.35. The van der Waals surface area contributed by atoms with Gasteiger partial charge in [-0.2, -0.15) is 4.31 Å². The molecule has 0 saturated heterocycles. The number of aromatic nitrogens is 1. The summed E-state index contributed by atoms with van der Waals surface area (Å²) in [5.74, 6) is 0. The largest absolute Gasteiger partial charge is 0.388 e. The molecule has 0 radical (unpaired) electrons. The summed E-state index contributed by atoms with van der Waals surface area (Å²) in [6, 6.07) is 2.99. The summed E-state index contributed by atoms with van der Waals surface area (Å²) in [4.78, 5) is 3.93. The summed E-state index contributed by atoms with van der Waals surface area (Å²) in [6.45, 7) is 2.66. The van der Waals surface area contributed by atoms with Gasteiger partial charge in [-0.25, -0.2) is 8.42 Å². The van der Waals surface area contributed by atoms with E-state index in [1.165, 1.54) is 23.7 Å². The lowest BCUT2D eigenvalue weighted by Gasteiger charge is -2.21. The molecule has 0 spiro atoms. The highest BCUT2D eigenvalue weighted by Crippen LogP contribution is 2.18. The quantitative estimate of drug-likeness (QED) is 0.733. The molecule has 0 unspecified atom stereocenters. The van der Waals surface area contributed by atoms with E-state index in [4.69, 9.17) is 22.7 Å². The second kappa shape index (κ2) is 6.90. The van der Waals surface area contributed by atoms with Gasteiger partial charge in [0, 0.05) is 26.4 Å². The number of rotatable bonds is 7. The molecule has 0 aromatic carbocycles. The van der Waals surface area contributed by atoms with Crippen molar-refractivity contribution in [1.82, 2.24) is 9.29 Å². The molecule has 1 aromatic rings. The van der Waals surface area contributed by atoms with Gasteiger partial charge in [-0.05, 0) is 12.1 Å². The van der Waals surface area contributed by atoms with E-state index in [1.807, 2.05) is 0 Å². The molecule has 0 amide bonds. The van der Waals surface area contributed by atoms with Gasteiger partial charge in [0.25, 0.3) is 0 Å². The minimum absolute atomic E-state index is 0.0282. The summed E-state index contributed by atoms with van der Waals surface area (Å²) in [6.07, 6.45) is 1.46. The van der Waals surface area contributed by atoms with Gasteiger partial charge in [0.2, 0.25) is 10.0 Å². The van der Waals surface area contributed by atoms with Crippen molar-refractivity contribution in [2.75, 3.05) is 26.8 Å². The van der Waals surface area contributed by atoms with Crippen LogP contribution in [0.5, 0.6) is 0 Å². The highest BCUT2D eigenvalue weighted by Gasteiger charge is 2.26. The van der Waals surface area contributed by atoms with Crippen molar-refractivity contribution in [2.45, 2.75) is 11.8 Å². The summed E-state index contributed by atoms with van der Waals surface area (Å²) in [7, 11) is -2.16. The molecule has 0 aliphatic carbocycles. The van der Waals surface area contributed by atoms with E-state index in [0.29, 0.717) is 13.2 Å². The van der Waals surface area contributed by atoms with Gasteiger partial charge >= 0.3 is 0 Å². The molecule has 0 saturated carbocycles. The van der Waals surface area contributed by atoms with Crippen LogP contribution in [0.2, 0.25) is 0 Å². The average Bonchev–Trinajstić information content (AvgIpc) is 2.39. The van der Waals surface area contributed by atoms with Crippen LogP contribution in [0.25, 0.3) is 0 Å². The van der Waals surface area contributed by atoms with E-state index in [1.54, 1.807) is 13.0 Å². The van der Waals surface area contributed by atoms with E-state index in [9.17, 15) is 8.42 Å². The van der Waals surface area contributed by atoms with E-state index >= 15 is 0 Å². The highest BCUT2D eigenvalue weighted by atomic mass is 32.2. The van der Waals surface area contributed by atoms with Gasteiger partial charge in [-0.1, -0.05) is 19.1 Å². The number of nitrogens with zero attached hydrogens (tertiary/aromatic N) is 2. The first kappa shape index (κ1) is 16.0. The van der Waals surface area contributed by atoms with Crippen molar-refractivity contribution in [3.8, 4) is 0 Å². The molecular weight excluding hydrogens is 286 g/mol. The van der Waals surface area contributed by atoms with Gasteiger partial charge in [0.15, 0.2) is 0 Å². The van der Waals surface area contributed by atoms with Crippen LogP contribution in [-0.2, 0) is 14.8 Å². The minimum Gasteiger partial charge on any atom is -0.388 e. The minimum atomic E-state index is -3.68. The summed E-state index contributed by atoms with van der Waals surface area (Å²) < 4.78 is 31.2. The number of ether oxygens (including phenoxy) is 1. The Balaban J connectivity index is 3.22. The maximum absolute atomic E-state index is 12.5. The molecule has 8 heteroatoms. The zero-order valence-corrected chi connectivity index (χ0v) is 12.5. The maximum atomic E-state index is 12.5. The molecule has 1 heterocycles. The molecule has 1 aromatic heterocycles. The fourth-order valence-electron chi connectivity index (χ4n) is 1.56. The van der Waals surface area contributed by atoms with Crippen molar-refractivity contribution < 1.29 is 13.2 Å². The second-order valence-corrected chi connectivity index (χ2v) is 6.05. The third-order valence-corrected chi connectivity index (χ3v) is 4.72. The number of pyridine rings is 1. The van der Waals surface area contributed by atoms with Crippen LogP contribution in [-0.4, -0.2) is 49.5 Å². The molecular formula is C11H17N3O3S2. The van der Waals surface area contributed by atoms with Crippen LogP contribution >= 0.6 is 12.2 Å². The highest BCUT2D eigenvalue weighted by molar-refractivity contribution is 7.89. The Bertz CT molecular complexity index is 546. The van der Waals surface area contributed by atoms with E-state index in [-0.39, 0.29) is 22.1 Å². The zero-order chi connectivity index (χ0) is 14.5. The van der Waals surface area contributed by atoms with Crippen LogP contribution in [0.4, 0.5) is 0 Å². The Hall–Kier alpha value is -1.09. The Labute approximate surface area is 118 Å². The van der Waals surface area contributed by atoms with Gasteiger partial charge < -0.3 is 10.5 Å². The Morgan fingerprint density at radius 3 is 2.79 bits per heavy atom. The summed E-state index contributed by atoms with van der Waals surface area (Å²) in [5.41, 5.74) is 5.63. The first-order valence-electron chi connectivity index (χ1n) is 5.69. The standard InChI is InChI=1S/C11H17N3O3S2/c1-3-14(7-8-17-2)19(15,16)9-5-4-6-13-10(9)11(12)18/h4-6H,3,7-8H2,1-2H3,(H2,12,18).